The maximum Gasteiger partial charge on any atom is 0.246 e. The molecule has 1 aromatic rings. The Kier molecular flexibility index (Phi) is 3.10. The van der Waals surface area contributed by atoms with Crippen LogP contribution >= 0.6 is 0 Å². The highest BCUT2D eigenvalue weighted by atomic mass is 16.2. The van der Waals surface area contributed by atoms with Crippen molar-refractivity contribution in [1.29, 1.82) is 0 Å². The van der Waals surface area contributed by atoms with E-state index < -0.39 is 0 Å². The highest BCUT2D eigenvalue weighted by Gasteiger charge is 2.24. The van der Waals surface area contributed by atoms with E-state index in [0.717, 1.165) is 11.3 Å². The number of anilines is 1. The lowest BCUT2D eigenvalue weighted by atomic mass is 10.1. The number of nitrogens with zero attached hydrogens (tertiary/aromatic N) is 1. The molecule has 1 aromatic carbocycles. The molecule has 90 valence electrons. The second-order valence-corrected chi connectivity index (χ2v) is 4.17. The molecule has 1 atom stereocenters. The van der Waals surface area contributed by atoms with Gasteiger partial charge < -0.3 is 10.6 Å². The summed E-state index contributed by atoms with van der Waals surface area (Å²) < 4.78 is 0. The molecule has 2 rings (SSSR count). The Morgan fingerprint density at radius 1 is 1.24 bits per heavy atom. The molecule has 1 aliphatic rings. The highest BCUT2D eigenvalue weighted by molar-refractivity contribution is 6.02. The van der Waals surface area contributed by atoms with E-state index in [1.807, 2.05) is 31.2 Å². The van der Waals surface area contributed by atoms with Crippen LogP contribution in [-0.4, -0.2) is 24.9 Å². The number of para-hydroxylation sites is 1. The average molecular weight is 233 g/mol. The molecule has 1 aliphatic heterocycles. The van der Waals surface area contributed by atoms with Crippen LogP contribution in [0.2, 0.25) is 0 Å². The minimum atomic E-state index is -0.277. The minimum Gasteiger partial charge on any atom is -0.353 e. The van der Waals surface area contributed by atoms with E-state index in [-0.39, 0.29) is 30.9 Å². The van der Waals surface area contributed by atoms with Crippen LogP contribution in [0, 0.1) is 0 Å². The summed E-state index contributed by atoms with van der Waals surface area (Å²) in [4.78, 5) is 24.4. The minimum absolute atomic E-state index is 0.133. The van der Waals surface area contributed by atoms with Gasteiger partial charge in [0.15, 0.2) is 0 Å². The molecule has 1 heterocycles. The van der Waals surface area contributed by atoms with Crippen molar-refractivity contribution in [3.05, 3.63) is 29.8 Å². The monoisotopic (exact) mass is 233 g/mol. The van der Waals surface area contributed by atoms with Gasteiger partial charge in [-0.25, -0.2) is 0 Å². The molecule has 5 heteroatoms. The van der Waals surface area contributed by atoms with Gasteiger partial charge in [-0.2, -0.15) is 0 Å². The zero-order valence-electron chi connectivity index (χ0n) is 9.64. The van der Waals surface area contributed by atoms with E-state index in [1.165, 1.54) is 0 Å². The maximum atomic E-state index is 11.3. The number of carbonyl (C=O) groups is 2. The second kappa shape index (κ2) is 4.55. The van der Waals surface area contributed by atoms with Gasteiger partial charge in [0.25, 0.3) is 0 Å². The third-order valence-electron chi connectivity index (χ3n) is 2.72. The highest BCUT2D eigenvalue weighted by Crippen LogP contribution is 2.25. The number of hydrogen-bond donors (Lipinski definition) is 2. The van der Waals surface area contributed by atoms with Gasteiger partial charge in [-0.05, 0) is 18.6 Å². The first kappa shape index (κ1) is 11.6. The van der Waals surface area contributed by atoms with Crippen molar-refractivity contribution in [2.45, 2.75) is 13.0 Å². The number of hydrogen-bond acceptors (Lipinski definition) is 4. The molecule has 2 amide bonds. The summed E-state index contributed by atoms with van der Waals surface area (Å²) >= 11 is 0. The van der Waals surface area contributed by atoms with Crippen LogP contribution in [0.4, 0.5) is 5.69 Å². The number of nitrogens with two attached hydrogens (primary N) is 1. The zero-order chi connectivity index (χ0) is 12.4. The zero-order valence-corrected chi connectivity index (χ0v) is 9.64. The van der Waals surface area contributed by atoms with E-state index in [1.54, 1.807) is 4.90 Å². The van der Waals surface area contributed by atoms with Crippen LogP contribution in [0.25, 0.3) is 0 Å². The van der Waals surface area contributed by atoms with E-state index in [9.17, 15) is 9.59 Å². The number of amides is 2. The molecule has 3 N–H and O–H groups in total. The first-order valence-corrected chi connectivity index (χ1v) is 5.50. The first-order chi connectivity index (χ1) is 8.08. The molecule has 0 radical (unpaired) electrons. The van der Waals surface area contributed by atoms with Crippen LogP contribution in [0.5, 0.6) is 0 Å². The molecule has 5 nitrogen and oxygen atoms in total. The van der Waals surface area contributed by atoms with Gasteiger partial charge in [-0.3, -0.25) is 14.9 Å². The molecule has 17 heavy (non-hydrogen) atoms. The van der Waals surface area contributed by atoms with Gasteiger partial charge in [-0.15, -0.1) is 0 Å². The Balaban J connectivity index is 2.33. The quantitative estimate of drug-likeness (QED) is 0.714. The molecule has 1 unspecified atom stereocenters. The predicted octanol–water partition coefficient (Wildman–Crippen LogP) is 0.169. The Bertz CT molecular complexity index is 441. The third kappa shape index (κ3) is 2.45. The maximum absolute atomic E-state index is 11.3. The average Bonchev–Trinajstić information content (AvgIpc) is 2.27. The number of benzene rings is 1. The van der Waals surface area contributed by atoms with Crippen LogP contribution in [0.15, 0.2) is 24.3 Å². The number of nitrogens with one attached hydrogen (secondary N) is 1. The van der Waals surface area contributed by atoms with E-state index in [2.05, 4.69) is 5.32 Å². The fourth-order valence-corrected chi connectivity index (χ4v) is 1.97. The second-order valence-electron chi connectivity index (χ2n) is 4.17. The smallest absolute Gasteiger partial charge is 0.246 e. The Labute approximate surface area is 99.6 Å². The Morgan fingerprint density at radius 2 is 1.82 bits per heavy atom. The lowest BCUT2D eigenvalue weighted by Crippen LogP contribution is -2.51. The first-order valence-electron chi connectivity index (χ1n) is 5.50. The molecule has 1 fully saturated rings. The Morgan fingerprint density at radius 3 is 2.41 bits per heavy atom. The van der Waals surface area contributed by atoms with Crippen molar-refractivity contribution in [3.8, 4) is 0 Å². The van der Waals surface area contributed by atoms with Crippen molar-refractivity contribution in [1.82, 2.24) is 5.32 Å². The van der Waals surface area contributed by atoms with E-state index >= 15 is 0 Å². The molecule has 0 aliphatic carbocycles. The van der Waals surface area contributed by atoms with Gasteiger partial charge in [0.1, 0.15) is 0 Å². The van der Waals surface area contributed by atoms with Crippen molar-refractivity contribution < 1.29 is 9.59 Å². The summed E-state index contributed by atoms with van der Waals surface area (Å²) in [5, 5.41) is 2.28. The van der Waals surface area contributed by atoms with Crippen LogP contribution in [0.3, 0.4) is 0 Å². The molecular weight excluding hydrogens is 218 g/mol. The van der Waals surface area contributed by atoms with Crippen molar-refractivity contribution in [2.24, 2.45) is 5.73 Å². The summed E-state index contributed by atoms with van der Waals surface area (Å²) in [7, 11) is 0. The van der Waals surface area contributed by atoms with Crippen LogP contribution in [0.1, 0.15) is 18.5 Å². The summed E-state index contributed by atoms with van der Waals surface area (Å²) in [5.74, 6) is -0.554. The van der Waals surface area contributed by atoms with Gasteiger partial charge in [-0.1, -0.05) is 18.2 Å². The fraction of sp³-hybridized carbons (Fsp3) is 0.333. The van der Waals surface area contributed by atoms with Crippen LogP contribution < -0.4 is 16.0 Å². The number of piperazine rings is 1. The molecule has 0 saturated carbocycles. The number of rotatable bonds is 2. The number of carbonyl (C=O) groups excluding carboxylic acids is 2. The topological polar surface area (TPSA) is 75.4 Å². The summed E-state index contributed by atoms with van der Waals surface area (Å²) in [6.07, 6.45) is 0. The van der Waals surface area contributed by atoms with E-state index in [4.69, 9.17) is 5.73 Å². The van der Waals surface area contributed by atoms with Gasteiger partial charge in [0.2, 0.25) is 11.8 Å². The van der Waals surface area contributed by atoms with Crippen molar-refractivity contribution in [3.63, 3.8) is 0 Å². The lowest BCUT2D eigenvalue weighted by Gasteiger charge is -2.30. The summed E-state index contributed by atoms with van der Waals surface area (Å²) in [6.45, 7) is 2.26. The van der Waals surface area contributed by atoms with E-state index in [0.29, 0.717) is 0 Å². The molecule has 0 bridgehead atoms. The summed E-state index contributed by atoms with van der Waals surface area (Å²) in [5.41, 5.74) is 7.67. The van der Waals surface area contributed by atoms with Crippen LogP contribution in [-0.2, 0) is 9.59 Å². The van der Waals surface area contributed by atoms with Crippen molar-refractivity contribution >= 4 is 17.5 Å². The largest absolute Gasteiger partial charge is 0.353 e. The molecule has 0 aromatic heterocycles. The normalized spacial score (nSPS) is 17.9. The van der Waals surface area contributed by atoms with Gasteiger partial charge in [0, 0.05) is 11.7 Å². The van der Waals surface area contributed by atoms with Gasteiger partial charge >= 0.3 is 0 Å². The third-order valence-corrected chi connectivity index (χ3v) is 2.72. The SMILES string of the molecule is CC(N)c1ccccc1N1CC(=O)NC(=O)C1. The molecule has 1 saturated heterocycles. The molecular formula is C12H15N3O2. The standard InChI is InChI=1S/C12H15N3O2/c1-8(13)9-4-2-3-5-10(9)15-6-11(16)14-12(17)7-15/h2-5,8H,6-7,13H2,1H3,(H,14,16,17). The molecule has 0 spiro atoms. The van der Waals surface area contributed by atoms with Crippen molar-refractivity contribution in [2.75, 3.05) is 18.0 Å². The summed E-state index contributed by atoms with van der Waals surface area (Å²) in [6, 6.07) is 7.43. The Hall–Kier alpha value is -1.88. The predicted molar refractivity (Wildman–Crippen MR) is 64.4 cm³/mol. The fourth-order valence-electron chi connectivity index (χ4n) is 1.97. The lowest BCUT2D eigenvalue weighted by molar-refractivity contribution is -0.130. The number of imide groups is 1. The van der Waals surface area contributed by atoms with Gasteiger partial charge in [0.05, 0.1) is 13.1 Å².